The van der Waals surface area contributed by atoms with Gasteiger partial charge in [-0.05, 0) is 30.9 Å². The maximum atomic E-state index is 12.5. The van der Waals surface area contributed by atoms with E-state index in [1.807, 2.05) is 60.7 Å². The molecule has 0 spiro atoms. The Kier molecular flexibility index (Phi) is 6.01. The summed E-state index contributed by atoms with van der Waals surface area (Å²) in [5.41, 5.74) is 1.23. The van der Waals surface area contributed by atoms with Crippen molar-refractivity contribution in [3.8, 4) is 0 Å². The lowest BCUT2D eigenvalue weighted by Crippen LogP contribution is -2.41. The molecule has 1 saturated carbocycles. The summed E-state index contributed by atoms with van der Waals surface area (Å²) in [6.45, 7) is 2.62. The SMILES string of the molecule is Cc1cn([C@H]2C[C@@]3(OCc4ccccc4)CC[C@@H](OCc4ccccc4)[C@H]3O2)c(=O)[nH]c1=O. The second-order valence-electron chi connectivity index (χ2n) is 8.91. The number of fused-ring (bicyclic) bond motifs is 1. The van der Waals surface area contributed by atoms with Crippen molar-refractivity contribution in [2.24, 2.45) is 0 Å². The first-order chi connectivity index (χ1) is 16.0. The van der Waals surface area contributed by atoms with Crippen molar-refractivity contribution in [3.05, 3.63) is 104 Å². The summed E-state index contributed by atoms with van der Waals surface area (Å²) >= 11 is 0. The molecule has 5 rings (SSSR count). The molecule has 7 heteroatoms. The van der Waals surface area contributed by atoms with Gasteiger partial charge < -0.3 is 14.2 Å². The molecule has 4 atom stereocenters. The van der Waals surface area contributed by atoms with Gasteiger partial charge in [-0.15, -0.1) is 0 Å². The van der Waals surface area contributed by atoms with Crippen molar-refractivity contribution in [1.82, 2.24) is 9.55 Å². The van der Waals surface area contributed by atoms with E-state index in [1.165, 1.54) is 4.57 Å². The highest BCUT2D eigenvalue weighted by molar-refractivity contribution is 5.16. The number of nitrogens with zero attached hydrogens (tertiary/aromatic N) is 1. The molecular weight excluding hydrogens is 420 g/mol. The zero-order valence-electron chi connectivity index (χ0n) is 18.6. The number of hydrogen-bond acceptors (Lipinski definition) is 5. The molecule has 2 aliphatic rings. The van der Waals surface area contributed by atoms with Crippen LogP contribution in [-0.2, 0) is 27.4 Å². The predicted octanol–water partition coefficient (Wildman–Crippen LogP) is 3.47. The van der Waals surface area contributed by atoms with Gasteiger partial charge in [0.2, 0.25) is 0 Å². The molecular formula is C26H28N2O5. The largest absolute Gasteiger partial charge is 0.371 e. The molecule has 1 aliphatic heterocycles. The van der Waals surface area contributed by atoms with Crippen LogP contribution in [0.5, 0.6) is 0 Å². The summed E-state index contributed by atoms with van der Waals surface area (Å²) in [5.74, 6) is 0. The van der Waals surface area contributed by atoms with E-state index >= 15 is 0 Å². The maximum absolute atomic E-state index is 12.5. The lowest BCUT2D eigenvalue weighted by atomic mass is 9.96. The van der Waals surface area contributed by atoms with E-state index in [0.29, 0.717) is 25.2 Å². The Bertz CT molecular complexity index is 1210. The average Bonchev–Trinajstić information content (AvgIpc) is 3.36. The second kappa shape index (κ2) is 9.09. The summed E-state index contributed by atoms with van der Waals surface area (Å²) in [4.78, 5) is 26.8. The first-order valence-corrected chi connectivity index (χ1v) is 11.3. The summed E-state index contributed by atoms with van der Waals surface area (Å²) in [6.07, 6.45) is 2.69. The van der Waals surface area contributed by atoms with Gasteiger partial charge in [0.05, 0.1) is 19.3 Å². The Labute approximate surface area is 191 Å². The van der Waals surface area contributed by atoms with Gasteiger partial charge in [-0.2, -0.15) is 0 Å². The van der Waals surface area contributed by atoms with Gasteiger partial charge in [0.1, 0.15) is 17.9 Å². The number of aromatic amines is 1. The standard InChI is InChI=1S/C26H28N2O5/c1-18-15-28(25(30)27-24(18)29)22-14-26(32-17-20-10-6-3-7-11-20)13-12-21(23(26)33-22)31-16-19-8-4-2-5-9-19/h2-11,15,21-23H,12-14,16-17H2,1H3,(H,27,29,30)/t21-,22-,23-,26+/m1/s1. The van der Waals surface area contributed by atoms with Crippen molar-refractivity contribution < 1.29 is 14.2 Å². The van der Waals surface area contributed by atoms with Crippen LogP contribution in [0.1, 0.15) is 42.2 Å². The van der Waals surface area contributed by atoms with Crippen LogP contribution in [0.25, 0.3) is 0 Å². The Morgan fingerprint density at radius 1 is 1.03 bits per heavy atom. The monoisotopic (exact) mass is 448 g/mol. The molecule has 1 saturated heterocycles. The Balaban J connectivity index is 1.39. The fourth-order valence-corrected chi connectivity index (χ4v) is 4.89. The van der Waals surface area contributed by atoms with E-state index < -0.39 is 17.5 Å². The number of rotatable bonds is 7. The van der Waals surface area contributed by atoms with Gasteiger partial charge >= 0.3 is 5.69 Å². The molecule has 0 bridgehead atoms. The second-order valence-corrected chi connectivity index (χ2v) is 8.91. The normalized spacial score (nSPS) is 26.4. The molecule has 3 aromatic rings. The smallest absolute Gasteiger partial charge is 0.330 e. The Hall–Kier alpha value is -3.00. The fourth-order valence-electron chi connectivity index (χ4n) is 4.89. The number of nitrogens with one attached hydrogen (secondary N) is 1. The average molecular weight is 449 g/mol. The number of benzene rings is 2. The summed E-state index contributed by atoms with van der Waals surface area (Å²) < 4.78 is 20.7. The van der Waals surface area contributed by atoms with Gasteiger partial charge in [0, 0.05) is 18.2 Å². The number of H-pyrrole nitrogens is 1. The van der Waals surface area contributed by atoms with Crippen LogP contribution in [-0.4, -0.2) is 27.4 Å². The molecule has 172 valence electrons. The maximum Gasteiger partial charge on any atom is 0.330 e. The third-order valence-electron chi connectivity index (χ3n) is 6.66. The fraction of sp³-hybridized carbons (Fsp3) is 0.385. The zero-order chi connectivity index (χ0) is 22.8. The molecule has 0 radical (unpaired) electrons. The van der Waals surface area contributed by atoms with Crippen molar-refractivity contribution >= 4 is 0 Å². The molecule has 2 fully saturated rings. The minimum Gasteiger partial charge on any atom is -0.371 e. The molecule has 2 aromatic carbocycles. The lowest BCUT2D eigenvalue weighted by Gasteiger charge is -2.29. The van der Waals surface area contributed by atoms with Crippen LogP contribution in [0.4, 0.5) is 0 Å². The quantitative estimate of drug-likeness (QED) is 0.599. The van der Waals surface area contributed by atoms with Gasteiger partial charge in [-0.1, -0.05) is 60.7 Å². The lowest BCUT2D eigenvalue weighted by molar-refractivity contribution is -0.131. The minimum absolute atomic E-state index is 0.148. The molecule has 1 aliphatic carbocycles. The number of aromatic nitrogens is 2. The van der Waals surface area contributed by atoms with E-state index in [2.05, 4.69) is 4.98 Å². The van der Waals surface area contributed by atoms with Crippen molar-refractivity contribution in [1.29, 1.82) is 0 Å². The van der Waals surface area contributed by atoms with Gasteiger partial charge in [-0.3, -0.25) is 14.3 Å². The van der Waals surface area contributed by atoms with Crippen molar-refractivity contribution in [2.75, 3.05) is 0 Å². The van der Waals surface area contributed by atoms with E-state index in [-0.39, 0.29) is 17.8 Å². The molecule has 33 heavy (non-hydrogen) atoms. The van der Waals surface area contributed by atoms with Crippen LogP contribution in [0, 0.1) is 6.92 Å². The molecule has 7 nitrogen and oxygen atoms in total. The number of ether oxygens (including phenoxy) is 3. The Morgan fingerprint density at radius 3 is 2.39 bits per heavy atom. The number of hydrogen-bond donors (Lipinski definition) is 1. The van der Waals surface area contributed by atoms with Crippen LogP contribution in [0.2, 0.25) is 0 Å². The van der Waals surface area contributed by atoms with Crippen LogP contribution in [0.3, 0.4) is 0 Å². The topological polar surface area (TPSA) is 82.6 Å². The van der Waals surface area contributed by atoms with Gasteiger partial charge in [0.15, 0.2) is 0 Å². The van der Waals surface area contributed by atoms with E-state index in [9.17, 15) is 9.59 Å². The van der Waals surface area contributed by atoms with Gasteiger partial charge in [0.25, 0.3) is 5.56 Å². The third-order valence-corrected chi connectivity index (χ3v) is 6.66. The van der Waals surface area contributed by atoms with Crippen LogP contribution in [0.15, 0.2) is 76.4 Å². The van der Waals surface area contributed by atoms with Crippen LogP contribution < -0.4 is 11.2 Å². The highest BCUT2D eigenvalue weighted by Crippen LogP contribution is 2.50. The summed E-state index contributed by atoms with van der Waals surface area (Å²) in [5, 5.41) is 0. The highest BCUT2D eigenvalue weighted by Gasteiger charge is 2.58. The van der Waals surface area contributed by atoms with Crippen molar-refractivity contribution in [2.45, 2.75) is 63.4 Å². The predicted molar refractivity (Wildman–Crippen MR) is 123 cm³/mol. The van der Waals surface area contributed by atoms with E-state index in [0.717, 1.165) is 24.0 Å². The molecule has 1 N–H and O–H groups in total. The third kappa shape index (κ3) is 4.44. The van der Waals surface area contributed by atoms with Crippen molar-refractivity contribution in [3.63, 3.8) is 0 Å². The first kappa shape index (κ1) is 21.8. The van der Waals surface area contributed by atoms with E-state index in [4.69, 9.17) is 14.2 Å². The summed E-state index contributed by atoms with van der Waals surface area (Å²) in [6, 6.07) is 20.1. The molecule has 0 amide bonds. The minimum atomic E-state index is -0.564. The summed E-state index contributed by atoms with van der Waals surface area (Å²) in [7, 11) is 0. The van der Waals surface area contributed by atoms with E-state index in [1.54, 1.807) is 13.1 Å². The van der Waals surface area contributed by atoms with Gasteiger partial charge in [-0.25, -0.2) is 4.79 Å². The zero-order valence-corrected chi connectivity index (χ0v) is 18.6. The first-order valence-electron chi connectivity index (χ1n) is 11.3. The molecule has 2 heterocycles. The number of aryl methyl sites for hydroxylation is 1. The van der Waals surface area contributed by atoms with Crippen LogP contribution >= 0.6 is 0 Å². The highest BCUT2D eigenvalue weighted by atomic mass is 16.6. The molecule has 0 unspecified atom stereocenters. The Morgan fingerprint density at radius 2 is 1.70 bits per heavy atom. The molecule has 1 aromatic heterocycles.